The molecule has 1 saturated heterocycles. The van der Waals surface area contributed by atoms with Gasteiger partial charge in [0.25, 0.3) is 0 Å². The SMILES string of the molecule is CCOC1CC(N)(C(=O)NC2CCN(c3ccccc3OC)C2)C1(C)C. The predicted molar refractivity (Wildman–Crippen MR) is 102 cm³/mol. The van der Waals surface area contributed by atoms with E-state index >= 15 is 0 Å². The maximum absolute atomic E-state index is 12.9. The van der Waals surface area contributed by atoms with Crippen molar-refractivity contribution in [2.75, 3.05) is 31.7 Å². The lowest BCUT2D eigenvalue weighted by Crippen LogP contribution is -2.76. The Hall–Kier alpha value is -1.79. The van der Waals surface area contributed by atoms with Gasteiger partial charge in [-0.15, -0.1) is 0 Å². The smallest absolute Gasteiger partial charge is 0.241 e. The monoisotopic (exact) mass is 361 g/mol. The van der Waals surface area contributed by atoms with E-state index in [9.17, 15) is 4.79 Å². The number of hydrogen-bond acceptors (Lipinski definition) is 5. The van der Waals surface area contributed by atoms with Crippen LogP contribution in [0.2, 0.25) is 0 Å². The molecule has 3 unspecified atom stereocenters. The number of nitrogens with one attached hydrogen (secondary N) is 1. The largest absolute Gasteiger partial charge is 0.495 e. The summed E-state index contributed by atoms with van der Waals surface area (Å²) in [6.45, 7) is 8.30. The van der Waals surface area contributed by atoms with Gasteiger partial charge in [0, 0.05) is 37.6 Å². The molecule has 1 heterocycles. The third-order valence-electron chi connectivity index (χ3n) is 6.18. The first kappa shape index (κ1) is 19.0. The quantitative estimate of drug-likeness (QED) is 0.810. The van der Waals surface area contributed by atoms with Crippen molar-refractivity contribution in [3.8, 4) is 5.75 Å². The molecule has 144 valence electrons. The minimum atomic E-state index is -0.870. The van der Waals surface area contributed by atoms with Crippen molar-refractivity contribution in [2.24, 2.45) is 11.1 Å². The molecule has 2 aliphatic rings. The van der Waals surface area contributed by atoms with Gasteiger partial charge < -0.3 is 25.4 Å². The molecular weight excluding hydrogens is 330 g/mol. The zero-order valence-electron chi connectivity index (χ0n) is 16.2. The summed E-state index contributed by atoms with van der Waals surface area (Å²) in [6.07, 6.45) is 1.51. The van der Waals surface area contributed by atoms with Gasteiger partial charge in [-0.1, -0.05) is 26.0 Å². The van der Waals surface area contributed by atoms with E-state index in [1.807, 2.05) is 39.0 Å². The molecule has 1 amide bonds. The fourth-order valence-electron chi connectivity index (χ4n) is 4.12. The van der Waals surface area contributed by atoms with Gasteiger partial charge in [0.05, 0.1) is 18.9 Å². The molecule has 0 aromatic heterocycles. The summed E-state index contributed by atoms with van der Waals surface area (Å²) in [5, 5.41) is 3.17. The summed E-state index contributed by atoms with van der Waals surface area (Å²) in [6, 6.07) is 8.07. The van der Waals surface area contributed by atoms with Gasteiger partial charge in [-0.2, -0.15) is 0 Å². The van der Waals surface area contributed by atoms with Crippen molar-refractivity contribution in [1.82, 2.24) is 5.32 Å². The Morgan fingerprint density at radius 3 is 2.77 bits per heavy atom. The summed E-state index contributed by atoms with van der Waals surface area (Å²) < 4.78 is 11.2. The summed E-state index contributed by atoms with van der Waals surface area (Å²) in [5.74, 6) is 0.791. The van der Waals surface area contributed by atoms with Crippen LogP contribution in [0.25, 0.3) is 0 Å². The lowest BCUT2D eigenvalue weighted by Gasteiger charge is -2.57. The van der Waals surface area contributed by atoms with Crippen molar-refractivity contribution in [3.63, 3.8) is 0 Å². The average Bonchev–Trinajstić information content (AvgIpc) is 3.09. The van der Waals surface area contributed by atoms with E-state index in [0.29, 0.717) is 13.0 Å². The number of para-hydroxylation sites is 2. The van der Waals surface area contributed by atoms with Crippen LogP contribution in [0.1, 0.15) is 33.6 Å². The molecule has 0 radical (unpaired) electrons. The van der Waals surface area contributed by atoms with Crippen LogP contribution >= 0.6 is 0 Å². The Morgan fingerprint density at radius 2 is 2.12 bits per heavy atom. The van der Waals surface area contributed by atoms with Gasteiger partial charge in [0.1, 0.15) is 11.3 Å². The van der Waals surface area contributed by atoms with Gasteiger partial charge in [-0.3, -0.25) is 4.79 Å². The highest BCUT2D eigenvalue weighted by molar-refractivity contribution is 5.89. The van der Waals surface area contributed by atoms with Crippen LogP contribution in [0.4, 0.5) is 5.69 Å². The molecule has 0 spiro atoms. The van der Waals surface area contributed by atoms with Gasteiger partial charge in [0.2, 0.25) is 5.91 Å². The number of amides is 1. The number of nitrogens with two attached hydrogens (primary N) is 1. The average molecular weight is 361 g/mol. The molecule has 3 N–H and O–H groups in total. The standard InChI is InChI=1S/C20H31N3O3/c1-5-26-17-12-20(21,19(17,2)3)18(24)22-14-10-11-23(13-14)15-8-6-7-9-16(15)25-4/h6-9,14,17H,5,10-13,21H2,1-4H3,(H,22,24). The third-order valence-corrected chi connectivity index (χ3v) is 6.18. The van der Waals surface area contributed by atoms with E-state index in [1.54, 1.807) is 7.11 Å². The Labute approximate surface area is 156 Å². The number of benzene rings is 1. The van der Waals surface area contributed by atoms with E-state index in [-0.39, 0.29) is 23.5 Å². The Morgan fingerprint density at radius 1 is 1.38 bits per heavy atom. The lowest BCUT2D eigenvalue weighted by atomic mass is 9.54. The zero-order chi connectivity index (χ0) is 18.9. The number of nitrogens with zero attached hydrogens (tertiary/aromatic N) is 1. The minimum Gasteiger partial charge on any atom is -0.495 e. The number of hydrogen-bond donors (Lipinski definition) is 2. The topological polar surface area (TPSA) is 76.8 Å². The van der Waals surface area contributed by atoms with Crippen molar-refractivity contribution in [1.29, 1.82) is 0 Å². The molecule has 2 fully saturated rings. The first-order valence-corrected chi connectivity index (χ1v) is 9.43. The predicted octanol–water partition coefficient (Wildman–Crippen LogP) is 1.92. The van der Waals surface area contributed by atoms with Crippen LogP contribution in [-0.2, 0) is 9.53 Å². The van der Waals surface area contributed by atoms with Crippen LogP contribution in [0, 0.1) is 5.41 Å². The second kappa shape index (κ2) is 7.08. The minimum absolute atomic E-state index is 0.0388. The van der Waals surface area contributed by atoms with Gasteiger partial charge in [0.15, 0.2) is 0 Å². The maximum Gasteiger partial charge on any atom is 0.241 e. The van der Waals surface area contributed by atoms with Crippen molar-refractivity contribution >= 4 is 11.6 Å². The van der Waals surface area contributed by atoms with Crippen LogP contribution < -0.4 is 20.7 Å². The Balaban J connectivity index is 1.62. The molecule has 1 aromatic rings. The number of methoxy groups -OCH3 is 1. The van der Waals surface area contributed by atoms with E-state index in [4.69, 9.17) is 15.2 Å². The fraction of sp³-hybridized carbons (Fsp3) is 0.650. The third kappa shape index (κ3) is 3.05. The highest BCUT2D eigenvalue weighted by atomic mass is 16.5. The van der Waals surface area contributed by atoms with Gasteiger partial charge in [-0.05, 0) is 25.5 Å². The van der Waals surface area contributed by atoms with Crippen LogP contribution in [-0.4, -0.2) is 50.4 Å². The van der Waals surface area contributed by atoms with E-state index in [0.717, 1.165) is 30.9 Å². The molecule has 3 rings (SSSR count). The summed E-state index contributed by atoms with van der Waals surface area (Å²) in [5.41, 5.74) is 6.32. The summed E-state index contributed by atoms with van der Waals surface area (Å²) in [7, 11) is 1.68. The molecule has 6 heteroatoms. The number of ether oxygens (including phenoxy) is 2. The molecule has 0 bridgehead atoms. The fourth-order valence-corrected chi connectivity index (χ4v) is 4.12. The highest BCUT2D eigenvalue weighted by Gasteiger charge is 2.63. The Bertz CT molecular complexity index is 663. The van der Waals surface area contributed by atoms with E-state index in [1.165, 1.54) is 0 Å². The second-order valence-corrected chi connectivity index (χ2v) is 7.92. The molecule has 26 heavy (non-hydrogen) atoms. The molecule has 1 aliphatic carbocycles. The molecule has 3 atom stereocenters. The first-order valence-electron chi connectivity index (χ1n) is 9.43. The van der Waals surface area contributed by atoms with Gasteiger partial charge in [-0.25, -0.2) is 0 Å². The molecule has 6 nitrogen and oxygen atoms in total. The normalized spacial score (nSPS) is 30.0. The van der Waals surface area contributed by atoms with Crippen molar-refractivity contribution < 1.29 is 14.3 Å². The van der Waals surface area contributed by atoms with Gasteiger partial charge >= 0.3 is 0 Å². The molecule has 1 aromatic carbocycles. The number of carbonyl (C=O) groups is 1. The molecule has 1 saturated carbocycles. The lowest BCUT2D eigenvalue weighted by molar-refractivity contribution is -0.171. The highest BCUT2D eigenvalue weighted by Crippen LogP contribution is 2.50. The number of anilines is 1. The van der Waals surface area contributed by atoms with Crippen molar-refractivity contribution in [3.05, 3.63) is 24.3 Å². The van der Waals surface area contributed by atoms with E-state index < -0.39 is 5.54 Å². The van der Waals surface area contributed by atoms with Crippen LogP contribution in [0.5, 0.6) is 5.75 Å². The Kier molecular flexibility index (Phi) is 5.17. The second-order valence-electron chi connectivity index (χ2n) is 7.92. The number of rotatable bonds is 6. The molecular formula is C20H31N3O3. The number of carbonyl (C=O) groups excluding carboxylic acids is 1. The summed E-state index contributed by atoms with van der Waals surface area (Å²) in [4.78, 5) is 15.2. The van der Waals surface area contributed by atoms with E-state index in [2.05, 4.69) is 16.3 Å². The van der Waals surface area contributed by atoms with Crippen LogP contribution in [0.15, 0.2) is 24.3 Å². The van der Waals surface area contributed by atoms with Crippen molar-refractivity contribution in [2.45, 2.75) is 51.3 Å². The van der Waals surface area contributed by atoms with Crippen LogP contribution in [0.3, 0.4) is 0 Å². The first-order chi connectivity index (χ1) is 12.3. The zero-order valence-corrected chi connectivity index (χ0v) is 16.2. The molecule has 1 aliphatic heterocycles. The maximum atomic E-state index is 12.9. The summed E-state index contributed by atoms with van der Waals surface area (Å²) >= 11 is 0.